The Bertz CT molecular complexity index is 1320. The number of Topliss-reactive ketones (excluding diaryl/α,β-unsaturated/α-hetero) is 1. The molecule has 0 aliphatic carbocycles. The molecule has 0 radical (unpaired) electrons. The fourth-order valence-corrected chi connectivity index (χ4v) is 5.68. The SMILES string of the molecule is CC(=O)c1ncn(C)c1C.CC/C(C)=C(\C/C=C\CS(=O)(=O)NCCCN1CCN(c2cc(C)ccc2C)CC1)OC. The van der Waals surface area contributed by atoms with Crippen LogP contribution in [0.25, 0.3) is 0 Å². The summed E-state index contributed by atoms with van der Waals surface area (Å²) in [4.78, 5) is 19.6. The topological polar surface area (TPSA) is 96.8 Å². The minimum Gasteiger partial charge on any atom is -0.501 e. The molecule has 1 aliphatic heterocycles. The van der Waals surface area contributed by atoms with Crippen LogP contribution in [0.1, 0.15) is 67.3 Å². The van der Waals surface area contributed by atoms with Gasteiger partial charge in [-0.15, -0.1) is 0 Å². The molecule has 1 aliphatic rings. The van der Waals surface area contributed by atoms with Crippen LogP contribution in [0.2, 0.25) is 0 Å². The summed E-state index contributed by atoms with van der Waals surface area (Å²) in [5.74, 6) is 0.939. The average molecular weight is 602 g/mol. The molecule has 1 N–H and O–H groups in total. The van der Waals surface area contributed by atoms with Crippen LogP contribution in [0.15, 0.2) is 48.0 Å². The first kappa shape index (κ1) is 35.2. The van der Waals surface area contributed by atoms with Gasteiger partial charge < -0.3 is 14.2 Å². The third-order valence-corrected chi connectivity index (χ3v) is 8.93. The molecule has 1 aromatic heterocycles. The van der Waals surface area contributed by atoms with E-state index in [2.05, 4.69) is 58.5 Å². The van der Waals surface area contributed by atoms with Crippen molar-refractivity contribution in [1.82, 2.24) is 19.2 Å². The maximum Gasteiger partial charge on any atom is 0.215 e. The van der Waals surface area contributed by atoms with E-state index in [9.17, 15) is 13.2 Å². The van der Waals surface area contributed by atoms with Crippen molar-refractivity contribution in [3.05, 3.63) is 70.5 Å². The second-order valence-electron chi connectivity index (χ2n) is 10.9. The number of rotatable bonds is 13. The molecular weight excluding hydrogens is 550 g/mol. The van der Waals surface area contributed by atoms with Crippen LogP contribution in [0.4, 0.5) is 5.69 Å². The van der Waals surface area contributed by atoms with Gasteiger partial charge >= 0.3 is 0 Å². The normalized spacial score (nSPS) is 14.9. The fraction of sp³-hybridized carbons (Fsp3) is 0.562. The smallest absolute Gasteiger partial charge is 0.215 e. The number of sulfonamides is 1. The summed E-state index contributed by atoms with van der Waals surface area (Å²) in [5, 5.41) is 0. The van der Waals surface area contributed by atoms with E-state index in [0.29, 0.717) is 18.7 Å². The molecule has 0 saturated carbocycles. The number of hydrogen-bond donors (Lipinski definition) is 1. The van der Waals surface area contributed by atoms with Crippen molar-refractivity contribution in [2.75, 3.05) is 57.0 Å². The lowest BCUT2D eigenvalue weighted by molar-refractivity contribution is 0.101. The van der Waals surface area contributed by atoms with Gasteiger partial charge in [0.25, 0.3) is 0 Å². The van der Waals surface area contributed by atoms with Gasteiger partial charge in [0.2, 0.25) is 10.0 Å². The van der Waals surface area contributed by atoms with Gasteiger partial charge in [0.1, 0.15) is 5.69 Å². The molecule has 10 heteroatoms. The van der Waals surface area contributed by atoms with Gasteiger partial charge in [-0.05, 0) is 69.8 Å². The molecule has 1 aromatic carbocycles. The summed E-state index contributed by atoms with van der Waals surface area (Å²) in [7, 11) is 0.238. The Hall–Kier alpha value is -2.95. The molecule has 0 amide bonds. The average Bonchev–Trinajstić information content (AvgIpc) is 3.30. The van der Waals surface area contributed by atoms with Crippen molar-refractivity contribution >= 4 is 21.5 Å². The first-order valence-corrected chi connectivity index (χ1v) is 16.4. The van der Waals surface area contributed by atoms with Gasteiger partial charge in [-0.25, -0.2) is 18.1 Å². The molecular formula is C32H51N5O4S. The lowest BCUT2D eigenvalue weighted by atomic mass is 10.1. The number of carbonyl (C=O) groups is 1. The number of methoxy groups -OCH3 is 1. The zero-order valence-corrected chi connectivity index (χ0v) is 27.7. The summed E-state index contributed by atoms with van der Waals surface area (Å²) < 4.78 is 34.4. The van der Waals surface area contributed by atoms with E-state index in [4.69, 9.17) is 4.74 Å². The number of carbonyl (C=O) groups excluding carboxylic acids is 1. The van der Waals surface area contributed by atoms with E-state index in [0.717, 1.165) is 57.0 Å². The molecule has 1 fully saturated rings. The Morgan fingerprint density at radius 3 is 2.33 bits per heavy atom. The van der Waals surface area contributed by atoms with Crippen LogP contribution in [-0.2, 0) is 21.8 Å². The summed E-state index contributed by atoms with van der Waals surface area (Å²) in [6.45, 7) is 17.3. The summed E-state index contributed by atoms with van der Waals surface area (Å²) in [6.07, 6.45) is 7.59. The molecule has 3 rings (SSSR count). The zero-order valence-electron chi connectivity index (χ0n) is 26.9. The highest BCUT2D eigenvalue weighted by Crippen LogP contribution is 2.23. The van der Waals surface area contributed by atoms with E-state index in [-0.39, 0.29) is 11.5 Å². The van der Waals surface area contributed by atoms with Crippen molar-refractivity contribution in [1.29, 1.82) is 0 Å². The number of aromatic nitrogens is 2. The Labute approximate surface area is 253 Å². The van der Waals surface area contributed by atoms with Gasteiger partial charge in [-0.3, -0.25) is 9.69 Å². The van der Waals surface area contributed by atoms with Crippen LogP contribution < -0.4 is 9.62 Å². The number of ketones is 1. The minimum absolute atomic E-state index is 0.00366. The van der Waals surface area contributed by atoms with Crippen molar-refractivity contribution in [2.45, 2.75) is 60.8 Å². The van der Waals surface area contributed by atoms with Crippen LogP contribution in [0.3, 0.4) is 0 Å². The van der Waals surface area contributed by atoms with Crippen molar-refractivity contribution < 1.29 is 17.9 Å². The minimum atomic E-state index is -3.29. The molecule has 0 unspecified atom stereocenters. The maximum atomic E-state index is 12.2. The van der Waals surface area contributed by atoms with Crippen LogP contribution >= 0.6 is 0 Å². The molecule has 0 spiro atoms. The van der Waals surface area contributed by atoms with Gasteiger partial charge in [-0.2, -0.15) is 0 Å². The number of allylic oxidation sites excluding steroid dienone is 2. The highest BCUT2D eigenvalue weighted by molar-refractivity contribution is 7.89. The lowest BCUT2D eigenvalue weighted by Crippen LogP contribution is -2.47. The number of piperazine rings is 1. The van der Waals surface area contributed by atoms with E-state index in [1.54, 1.807) is 19.5 Å². The predicted molar refractivity (Wildman–Crippen MR) is 173 cm³/mol. The van der Waals surface area contributed by atoms with Gasteiger partial charge in [0, 0.05) is 64.5 Å². The number of nitrogens with zero attached hydrogens (tertiary/aromatic N) is 4. The van der Waals surface area contributed by atoms with Gasteiger partial charge in [-0.1, -0.05) is 31.2 Å². The number of nitrogens with one attached hydrogen (secondary N) is 1. The van der Waals surface area contributed by atoms with Crippen molar-refractivity contribution in [3.8, 4) is 0 Å². The second-order valence-corrected chi connectivity index (χ2v) is 12.8. The number of imidazole rings is 1. The van der Waals surface area contributed by atoms with Gasteiger partial charge in [0.15, 0.2) is 5.78 Å². The second kappa shape index (κ2) is 17.2. The molecule has 1 saturated heterocycles. The summed E-state index contributed by atoms with van der Waals surface area (Å²) >= 11 is 0. The van der Waals surface area contributed by atoms with E-state index >= 15 is 0 Å². The first-order valence-electron chi connectivity index (χ1n) is 14.8. The third-order valence-electron chi connectivity index (χ3n) is 7.65. The van der Waals surface area contributed by atoms with Crippen LogP contribution in [-0.4, -0.2) is 80.8 Å². The molecule has 2 aromatic rings. The molecule has 0 bridgehead atoms. The quantitative estimate of drug-likeness (QED) is 0.150. The number of hydrogen-bond acceptors (Lipinski definition) is 7. The van der Waals surface area contributed by atoms with Crippen LogP contribution in [0, 0.1) is 20.8 Å². The van der Waals surface area contributed by atoms with E-state index in [1.807, 2.05) is 31.5 Å². The first-order chi connectivity index (χ1) is 19.9. The monoisotopic (exact) mass is 601 g/mol. The van der Waals surface area contributed by atoms with E-state index < -0.39 is 10.0 Å². The Morgan fingerprint density at radius 2 is 1.79 bits per heavy atom. The van der Waals surface area contributed by atoms with Crippen molar-refractivity contribution in [2.24, 2.45) is 7.05 Å². The van der Waals surface area contributed by atoms with Crippen LogP contribution in [0.5, 0.6) is 0 Å². The zero-order chi connectivity index (χ0) is 31.3. The number of anilines is 1. The number of benzene rings is 1. The van der Waals surface area contributed by atoms with Crippen molar-refractivity contribution in [3.63, 3.8) is 0 Å². The fourth-order valence-electron chi connectivity index (χ4n) is 4.71. The standard InChI is InChI=1S/C25H41N3O3S.C7H10N2O/c1-6-22(3)25(31-5)10-7-8-19-32(29,30)26-13-9-14-27-15-17-28(18-16-27)24-20-21(2)11-12-23(24)4;1-5-7(6(2)10)8-4-9(5)3/h7-8,11-12,20,26H,6,9-10,13-19H2,1-5H3;4H,1-3H3/b8-7-,25-22+;. The summed E-state index contributed by atoms with van der Waals surface area (Å²) in [5.41, 5.74) is 6.63. The molecule has 0 atom stereocenters. The molecule has 234 valence electrons. The maximum absolute atomic E-state index is 12.2. The summed E-state index contributed by atoms with van der Waals surface area (Å²) in [6, 6.07) is 6.62. The molecule has 42 heavy (non-hydrogen) atoms. The highest BCUT2D eigenvalue weighted by atomic mass is 32.2. The predicted octanol–water partition coefficient (Wildman–Crippen LogP) is 4.94. The largest absolute Gasteiger partial charge is 0.501 e. The lowest BCUT2D eigenvalue weighted by Gasteiger charge is -2.37. The molecule has 2 heterocycles. The van der Waals surface area contributed by atoms with Gasteiger partial charge in [0.05, 0.1) is 24.9 Å². The molecule has 9 nitrogen and oxygen atoms in total. The Kier molecular flexibility index (Phi) is 14.5. The highest BCUT2D eigenvalue weighted by Gasteiger charge is 2.18. The third kappa shape index (κ3) is 11.4. The Balaban J connectivity index is 0.000000518. The number of ether oxygens (including phenoxy) is 1. The number of aryl methyl sites for hydroxylation is 3. The van der Waals surface area contributed by atoms with E-state index in [1.165, 1.54) is 29.3 Å². The Morgan fingerprint density at radius 1 is 1.10 bits per heavy atom.